The van der Waals surface area contributed by atoms with Crippen LogP contribution in [0.2, 0.25) is 0 Å². The highest BCUT2D eigenvalue weighted by molar-refractivity contribution is 9.09. The zero-order valence-corrected chi connectivity index (χ0v) is 7.79. The number of halogens is 2. The van der Waals surface area contributed by atoms with Gasteiger partial charge in [-0.15, -0.1) is 11.3 Å². The Kier molecular flexibility index (Phi) is 3.35. The largest absolute Gasteiger partial charge is 0.246 e. The van der Waals surface area contributed by atoms with Gasteiger partial charge in [-0.05, 0) is 11.4 Å². The van der Waals surface area contributed by atoms with Gasteiger partial charge in [0, 0.05) is 16.6 Å². The lowest BCUT2D eigenvalue weighted by Crippen LogP contribution is -2.03. The van der Waals surface area contributed by atoms with Crippen LogP contribution in [0.5, 0.6) is 0 Å². The lowest BCUT2D eigenvalue weighted by atomic mass is 10.3. The van der Waals surface area contributed by atoms with Crippen LogP contribution in [0.15, 0.2) is 17.5 Å². The van der Waals surface area contributed by atoms with E-state index in [9.17, 15) is 4.39 Å². The molecule has 0 spiro atoms. The van der Waals surface area contributed by atoms with Crippen LogP contribution in [0.1, 0.15) is 4.88 Å². The van der Waals surface area contributed by atoms with Crippen LogP contribution >= 0.6 is 27.3 Å². The molecule has 0 saturated heterocycles. The van der Waals surface area contributed by atoms with Crippen molar-refractivity contribution in [3.05, 3.63) is 22.4 Å². The van der Waals surface area contributed by atoms with E-state index in [0.717, 1.165) is 4.88 Å². The molecular formula is C7H8BrFS. The molecule has 1 unspecified atom stereocenters. The molecule has 0 aliphatic rings. The van der Waals surface area contributed by atoms with Crippen molar-refractivity contribution in [2.24, 2.45) is 0 Å². The monoisotopic (exact) mass is 222 g/mol. The summed E-state index contributed by atoms with van der Waals surface area (Å²) in [6, 6.07) is 3.90. The van der Waals surface area contributed by atoms with E-state index in [4.69, 9.17) is 0 Å². The first-order valence-electron chi connectivity index (χ1n) is 3.05. The Hall–Kier alpha value is 0.110. The SMILES string of the molecule is FC(CBr)Cc1cccs1. The minimum absolute atomic E-state index is 0.435. The van der Waals surface area contributed by atoms with Gasteiger partial charge in [0.05, 0.1) is 0 Å². The summed E-state index contributed by atoms with van der Waals surface area (Å²) in [5.41, 5.74) is 0. The molecule has 0 nitrogen and oxygen atoms in total. The average molecular weight is 223 g/mol. The van der Waals surface area contributed by atoms with Gasteiger partial charge in [-0.1, -0.05) is 22.0 Å². The van der Waals surface area contributed by atoms with Crippen molar-refractivity contribution in [1.29, 1.82) is 0 Å². The highest BCUT2D eigenvalue weighted by Gasteiger charge is 2.05. The maximum absolute atomic E-state index is 12.7. The Balaban J connectivity index is 2.40. The average Bonchev–Trinajstić information content (AvgIpc) is 2.40. The quantitative estimate of drug-likeness (QED) is 0.691. The van der Waals surface area contributed by atoms with Crippen molar-refractivity contribution in [3.63, 3.8) is 0 Å². The molecule has 0 aliphatic heterocycles. The first-order valence-corrected chi connectivity index (χ1v) is 5.05. The molecule has 0 radical (unpaired) electrons. The molecule has 0 aromatic carbocycles. The highest BCUT2D eigenvalue weighted by atomic mass is 79.9. The van der Waals surface area contributed by atoms with Crippen molar-refractivity contribution in [2.75, 3.05) is 5.33 Å². The lowest BCUT2D eigenvalue weighted by Gasteiger charge is -1.99. The molecule has 1 heterocycles. The second-order valence-electron chi connectivity index (χ2n) is 2.04. The van der Waals surface area contributed by atoms with E-state index < -0.39 is 6.17 Å². The maximum atomic E-state index is 12.7. The van der Waals surface area contributed by atoms with Gasteiger partial charge in [-0.2, -0.15) is 0 Å². The Morgan fingerprint density at radius 1 is 1.70 bits per heavy atom. The van der Waals surface area contributed by atoms with E-state index in [1.807, 2.05) is 17.5 Å². The summed E-state index contributed by atoms with van der Waals surface area (Å²) in [4.78, 5) is 1.12. The molecule has 1 atom stereocenters. The van der Waals surface area contributed by atoms with Gasteiger partial charge in [0.1, 0.15) is 6.17 Å². The molecule has 0 bridgehead atoms. The Labute approximate surface area is 72.2 Å². The maximum Gasteiger partial charge on any atom is 0.115 e. The molecule has 1 aromatic heterocycles. The van der Waals surface area contributed by atoms with E-state index in [1.54, 1.807) is 11.3 Å². The molecule has 0 aliphatic carbocycles. The molecule has 0 amide bonds. The topological polar surface area (TPSA) is 0 Å². The molecule has 0 saturated carbocycles. The van der Waals surface area contributed by atoms with Gasteiger partial charge < -0.3 is 0 Å². The summed E-state index contributed by atoms with van der Waals surface area (Å²) in [5.74, 6) is 0. The molecule has 56 valence electrons. The van der Waals surface area contributed by atoms with Gasteiger partial charge in [0.15, 0.2) is 0 Å². The van der Waals surface area contributed by atoms with Crippen LogP contribution in [0, 0.1) is 0 Å². The third-order valence-corrected chi connectivity index (χ3v) is 2.77. The number of alkyl halides is 2. The smallest absolute Gasteiger partial charge is 0.115 e. The van der Waals surface area contributed by atoms with Gasteiger partial charge in [-0.3, -0.25) is 0 Å². The number of hydrogen-bond acceptors (Lipinski definition) is 1. The summed E-state index contributed by atoms with van der Waals surface area (Å²) >= 11 is 4.70. The van der Waals surface area contributed by atoms with Gasteiger partial charge in [0.2, 0.25) is 0 Å². The fraction of sp³-hybridized carbons (Fsp3) is 0.429. The summed E-state index contributed by atoms with van der Waals surface area (Å²) < 4.78 is 12.7. The van der Waals surface area contributed by atoms with E-state index in [-0.39, 0.29) is 0 Å². The predicted octanol–water partition coefficient (Wildman–Crippen LogP) is 3.02. The first kappa shape index (κ1) is 8.21. The minimum atomic E-state index is -0.737. The molecule has 0 N–H and O–H groups in total. The predicted molar refractivity (Wildman–Crippen MR) is 46.7 cm³/mol. The van der Waals surface area contributed by atoms with Crippen LogP contribution in [0.25, 0.3) is 0 Å². The Morgan fingerprint density at radius 3 is 3.00 bits per heavy atom. The third-order valence-electron chi connectivity index (χ3n) is 1.17. The molecule has 1 rings (SSSR count). The zero-order chi connectivity index (χ0) is 7.40. The number of thiophene rings is 1. The summed E-state index contributed by atoms with van der Waals surface area (Å²) in [6.45, 7) is 0. The molecule has 10 heavy (non-hydrogen) atoms. The lowest BCUT2D eigenvalue weighted by molar-refractivity contribution is 0.370. The Bertz CT molecular complexity index is 174. The highest BCUT2D eigenvalue weighted by Crippen LogP contribution is 2.13. The van der Waals surface area contributed by atoms with E-state index in [1.165, 1.54) is 0 Å². The molecular weight excluding hydrogens is 215 g/mol. The van der Waals surface area contributed by atoms with Crippen molar-refractivity contribution in [2.45, 2.75) is 12.6 Å². The zero-order valence-electron chi connectivity index (χ0n) is 5.39. The number of hydrogen-bond donors (Lipinski definition) is 0. The second kappa shape index (κ2) is 4.09. The van der Waals surface area contributed by atoms with Gasteiger partial charge >= 0.3 is 0 Å². The number of rotatable bonds is 3. The standard InChI is InChI=1S/C7H8BrFS/c8-5-6(9)4-7-2-1-3-10-7/h1-3,6H,4-5H2. The van der Waals surface area contributed by atoms with Crippen molar-refractivity contribution < 1.29 is 4.39 Å². The molecule has 3 heteroatoms. The molecule has 1 aromatic rings. The summed E-state index contributed by atoms with van der Waals surface area (Å²) in [5, 5.41) is 2.40. The van der Waals surface area contributed by atoms with Crippen molar-refractivity contribution in [1.82, 2.24) is 0 Å². The minimum Gasteiger partial charge on any atom is -0.246 e. The van der Waals surface area contributed by atoms with Crippen LogP contribution in [-0.4, -0.2) is 11.5 Å². The first-order chi connectivity index (χ1) is 4.83. The third kappa shape index (κ3) is 2.39. The van der Waals surface area contributed by atoms with Crippen LogP contribution in [0.3, 0.4) is 0 Å². The Morgan fingerprint density at radius 2 is 2.50 bits per heavy atom. The second-order valence-corrected chi connectivity index (χ2v) is 3.71. The normalized spacial score (nSPS) is 13.4. The van der Waals surface area contributed by atoms with Crippen molar-refractivity contribution in [3.8, 4) is 0 Å². The van der Waals surface area contributed by atoms with E-state index in [2.05, 4.69) is 15.9 Å². The fourth-order valence-electron chi connectivity index (χ4n) is 0.702. The van der Waals surface area contributed by atoms with Crippen LogP contribution in [-0.2, 0) is 6.42 Å². The molecule has 0 fully saturated rings. The van der Waals surface area contributed by atoms with E-state index >= 15 is 0 Å². The summed E-state index contributed by atoms with van der Waals surface area (Å²) in [7, 11) is 0. The summed E-state index contributed by atoms with van der Waals surface area (Å²) in [6.07, 6.45) is -0.193. The van der Waals surface area contributed by atoms with Crippen molar-refractivity contribution >= 4 is 27.3 Å². The van der Waals surface area contributed by atoms with E-state index in [0.29, 0.717) is 11.8 Å². The van der Waals surface area contributed by atoms with Gasteiger partial charge in [-0.25, -0.2) is 4.39 Å². The van der Waals surface area contributed by atoms with Crippen LogP contribution < -0.4 is 0 Å². The van der Waals surface area contributed by atoms with Gasteiger partial charge in [0.25, 0.3) is 0 Å². The van der Waals surface area contributed by atoms with Crippen LogP contribution in [0.4, 0.5) is 4.39 Å². The fourth-order valence-corrected chi connectivity index (χ4v) is 1.70.